The molecule has 1 amide bonds. The number of hydrogen-bond donors (Lipinski definition) is 1. The van der Waals surface area contributed by atoms with Crippen LogP contribution in [-0.2, 0) is 21.2 Å². The summed E-state index contributed by atoms with van der Waals surface area (Å²) >= 11 is 1.18. The van der Waals surface area contributed by atoms with Crippen LogP contribution in [0.2, 0.25) is 0 Å². The van der Waals surface area contributed by atoms with Gasteiger partial charge in [0.05, 0.1) is 27.0 Å². The molecule has 0 spiro atoms. The van der Waals surface area contributed by atoms with Crippen molar-refractivity contribution >= 4 is 53.3 Å². The molecule has 4 rings (SSSR count). The number of carbonyl (C=O) groups excluding carboxylic acids is 1. The Balaban J connectivity index is 1.47. The molecule has 0 aliphatic carbocycles. The Morgan fingerprint density at radius 2 is 1.97 bits per heavy atom. The maximum absolute atomic E-state index is 12.4. The second-order valence-electron chi connectivity index (χ2n) is 6.35. The highest BCUT2D eigenvalue weighted by molar-refractivity contribution is 7.90. The number of amides is 1. The molecule has 2 aromatic carbocycles. The molecule has 0 atom stereocenters. The SMILES string of the molecule is CS(=O)(=O)c1ccc2nc(NC(=O)CCn3nnc4ccccc4c3=O)sc2c1. The van der Waals surface area contributed by atoms with E-state index < -0.39 is 9.84 Å². The zero-order valence-corrected chi connectivity index (χ0v) is 16.8. The molecular weight excluding hydrogens is 414 g/mol. The second kappa shape index (κ2) is 7.33. The van der Waals surface area contributed by atoms with Gasteiger partial charge in [0.25, 0.3) is 5.56 Å². The van der Waals surface area contributed by atoms with Crippen LogP contribution in [0.5, 0.6) is 0 Å². The number of thiazole rings is 1. The van der Waals surface area contributed by atoms with Gasteiger partial charge in [-0.1, -0.05) is 28.7 Å². The molecule has 0 aliphatic rings. The van der Waals surface area contributed by atoms with Crippen LogP contribution in [-0.4, -0.2) is 40.6 Å². The van der Waals surface area contributed by atoms with E-state index in [1.807, 2.05) is 0 Å². The largest absolute Gasteiger partial charge is 0.302 e. The summed E-state index contributed by atoms with van der Waals surface area (Å²) in [6.07, 6.45) is 1.15. The standard InChI is InChI=1S/C18H15N5O4S2/c1-29(26,27)11-6-7-14-15(10-11)28-18(19-14)20-16(24)8-9-23-17(25)12-4-2-3-5-13(12)21-22-23/h2-7,10H,8-9H2,1H3,(H,19,20,24). The van der Waals surface area contributed by atoms with E-state index in [0.29, 0.717) is 26.3 Å². The lowest BCUT2D eigenvalue weighted by Crippen LogP contribution is -2.26. The van der Waals surface area contributed by atoms with E-state index >= 15 is 0 Å². The summed E-state index contributed by atoms with van der Waals surface area (Å²) in [6, 6.07) is 11.5. The van der Waals surface area contributed by atoms with Crippen LogP contribution in [0.4, 0.5) is 5.13 Å². The van der Waals surface area contributed by atoms with E-state index in [1.54, 1.807) is 30.3 Å². The monoisotopic (exact) mass is 429 g/mol. The highest BCUT2D eigenvalue weighted by atomic mass is 32.2. The quantitative estimate of drug-likeness (QED) is 0.513. The van der Waals surface area contributed by atoms with Crippen molar-refractivity contribution in [3.63, 3.8) is 0 Å². The Bertz CT molecular complexity index is 1410. The molecule has 11 heteroatoms. The Hall–Kier alpha value is -3.18. The lowest BCUT2D eigenvalue weighted by molar-refractivity contribution is -0.116. The first kappa shape index (κ1) is 19.2. The minimum atomic E-state index is -3.32. The highest BCUT2D eigenvalue weighted by Gasteiger charge is 2.13. The van der Waals surface area contributed by atoms with Crippen LogP contribution in [0.1, 0.15) is 6.42 Å². The average Bonchev–Trinajstić information content (AvgIpc) is 3.08. The normalized spacial score (nSPS) is 11.8. The Morgan fingerprint density at radius 3 is 2.76 bits per heavy atom. The number of benzene rings is 2. The van der Waals surface area contributed by atoms with Gasteiger partial charge in [-0.2, -0.15) is 0 Å². The number of aromatic nitrogens is 4. The van der Waals surface area contributed by atoms with Crippen LogP contribution in [0, 0.1) is 0 Å². The van der Waals surface area contributed by atoms with Crippen LogP contribution < -0.4 is 10.9 Å². The minimum Gasteiger partial charge on any atom is -0.302 e. The number of fused-ring (bicyclic) bond motifs is 2. The van der Waals surface area contributed by atoms with E-state index in [9.17, 15) is 18.0 Å². The van der Waals surface area contributed by atoms with Crippen LogP contribution >= 0.6 is 11.3 Å². The number of carbonyl (C=O) groups is 1. The zero-order chi connectivity index (χ0) is 20.6. The van der Waals surface area contributed by atoms with Gasteiger partial charge in [0.15, 0.2) is 15.0 Å². The molecule has 148 valence electrons. The number of hydrogen-bond acceptors (Lipinski definition) is 8. The molecule has 0 bridgehead atoms. The van der Waals surface area contributed by atoms with Gasteiger partial charge in [-0.05, 0) is 30.3 Å². The van der Waals surface area contributed by atoms with Crippen molar-refractivity contribution in [1.82, 2.24) is 20.0 Å². The summed E-state index contributed by atoms with van der Waals surface area (Å²) in [7, 11) is -3.32. The smallest absolute Gasteiger partial charge is 0.277 e. The minimum absolute atomic E-state index is 0.0114. The van der Waals surface area contributed by atoms with Gasteiger partial charge in [-0.25, -0.2) is 18.1 Å². The molecular formula is C18H15N5O4S2. The lowest BCUT2D eigenvalue weighted by atomic mass is 10.2. The number of rotatable bonds is 5. The first-order valence-electron chi connectivity index (χ1n) is 8.54. The molecule has 29 heavy (non-hydrogen) atoms. The van der Waals surface area contributed by atoms with E-state index in [2.05, 4.69) is 20.6 Å². The van der Waals surface area contributed by atoms with Crippen LogP contribution in [0.25, 0.3) is 21.1 Å². The summed E-state index contributed by atoms with van der Waals surface area (Å²) < 4.78 is 25.1. The maximum atomic E-state index is 12.4. The molecule has 4 aromatic rings. The fraction of sp³-hybridized carbons (Fsp3) is 0.167. The molecule has 2 aromatic heterocycles. The number of nitrogens with zero attached hydrogens (tertiary/aromatic N) is 4. The number of aryl methyl sites for hydroxylation is 1. The molecule has 1 N–H and O–H groups in total. The third-order valence-electron chi connectivity index (χ3n) is 4.21. The van der Waals surface area contributed by atoms with Crippen molar-refractivity contribution in [2.45, 2.75) is 17.9 Å². The summed E-state index contributed by atoms with van der Waals surface area (Å²) in [5.74, 6) is -0.339. The Kier molecular flexibility index (Phi) is 4.84. The summed E-state index contributed by atoms with van der Waals surface area (Å²) in [5, 5.41) is 11.3. The van der Waals surface area contributed by atoms with Gasteiger partial charge >= 0.3 is 0 Å². The number of nitrogens with one attached hydrogen (secondary N) is 1. The molecule has 0 unspecified atom stereocenters. The summed E-state index contributed by atoms with van der Waals surface area (Å²) in [4.78, 5) is 29.1. The molecule has 2 heterocycles. The van der Waals surface area contributed by atoms with Crippen LogP contribution in [0.15, 0.2) is 52.2 Å². The third-order valence-corrected chi connectivity index (χ3v) is 6.26. The first-order valence-corrected chi connectivity index (χ1v) is 11.2. The predicted molar refractivity (Wildman–Crippen MR) is 110 cm³/mol. The van der Waals surface area contributed by atoms with Gasteiger partial charge < -0.3 is 5.32 Å². The van der Waals surface area contributed by atoms with Crippen molar-refractivity contribution in [3.8, 4) is 0 Å². The molecule has 0 saturated carbocycles. The van der Waals surface area contributed by atoms with Crippen LogP contribution in [0.3, 0.4) is 0 Å². The van der Waals surface area contributed by atoms with E-state index in [1.165, 1.54) is 23.5 Å². The predicted octanol–water partition coefficient (Wildman–Crippen LogP) is 1.83. The van der Waals surface area contributed by atoms with Gasteiger partial charge in [0.2, 0.25) is 5.91 Å². The maximum Gasteiger partial charge on any atom is 0.277 e. The number of anilines is 1. The van der Waals surface area contributed by atoms with Crippen molar-refractivity contribution in [1.29, 1.82) is 0 Å². The Labute approximate surface area is 168 Å². The molecule has 9 nitrogen and oxygen atoms in total. The molecule has 0 radical (unpaired) electrons. The lowest BCUT2D eigenvalue weighted by Gasteiger charge is -2.04. The van der Waals surface area contributed by atoms with Crippen molar-refractivity contribution in [2.75, 3.05) is 11.6 Å². The molecule has 0 aliphatic heterocycles. The average molecular weight is 429 g/mol. The van der Waals surface area contributed by atoms with E-state index in [0.717, 1.165) is 10.9 Å². The fourth-order valence-corrected chi connectivity index (χ4v) is 4.39. The molecule has 0 fully saturated rings. The third kappa shape index (κ3) is 4.00. The van der Waals surface area contributed by atoms with Crippen molar-refractivity contribution in [3.05, 3.63) is 52.8 Å². The summed E-state index contributed by atoms with van der Waals surface area (Å²) in [6.45, 7) is 0.0750. The van der Waals surface area contributed by atoms with Gasteiger partial charge in [-0.3, -0.25) is 9.59 Å². The topological polar surface area (TPSA) is 124 Å². The number of sulfone groups is 1. The van der Waals surface area contributed by atoms with E-state index in [-0.39, 0.29) is 29.3 Å². The van der Waals surface area contributed by atoms with Gasteiger partial charge in [-0.15, -0.1) is 5.10 Å². The zero-order valence-electron chi connectivity index (χ0n) is 15.2. The van der Waals surface area contributed by atoms with Gasteiger partial charge in [0, 0.05) is 12.7 Å². The van der Waals surface area contributed by atoms with Crippen molar-refractivity contribution < 1.29 is 13.2 Å². The van der Waals surface area contributed by atoms with E-state index in [4.69, 9.17) is 0 Å². The highest BCUT2D eigenvalue weighted by Crippen LogP contribution is 2.28. The fourth-order valence-electron chi connectivity index (χ4n) is 2.75. The first-order chi connectivity index (χ1) is 13.8. The van der Waals surface area contributed by atoms with Gasteiger partial charge in [0.1, 0.15) is 5.52 Å². The molecule has 0 saturated heterocycles. The summed E-state index contributed by atoms with van der Waals surface area (Å²) in [5.41, 5.74) is 0.784. The van der Waals surface area contributed by atoms with Crippen molar-refractivity contribution in [2.24, 2.45) is 0 Å². The Morgan fingerprint density at radius 1 is 1.17 bits per heavy atom. The second-order valence-corrected chi connectivity index (χ2v) is 9.40.